The lowest BCUT2D eigenvalue weighted by Crippen LogP contribution is -2.12. The topological polar surface area (TPSA) is 41.5 Å². The molecule has 2 N–H and O–H groups in total. The van der Waals surface area contributed by atoms with Crippen LogP contribution in [0.1, 0.15) is 17.4 Å². The van der Waals surface area contributed by atoms with Gasteiger partial charge < -0.3 is 15.2 Å². The maximum Gasteiger partial charge on any atom is 0.162 e. The van der Waals surface area contributed by atoms with Crippen LogP contribution in [0.3, 0.4) is 0 Å². The standard InChI is InChI=1S/C14H17NO2S/c1-2-17-13-7-3-5-11(14(13)16)9-15-10-12-6-4-8-18-12/h3-8,15-16H,2,9-10H2,1H3. The molecule has 1 aromatic heterocycles. The lowest BCUT2D eigenvalue weighted by Gasteiger charge is -2.10. The van der Waals surface area contributed by atoms with Crippen LogP contribution in [-0.4, -0.2) is 11.7 Å². The van der Waals surface area contributed by atoms with E-state index in [1.54, 1.807) is 17.4 Å². The van der Waals surface area contributed by atoms with Gasteiger partial charge in [-0.05, 0) is 24.4 Å². The van der Waals surface area contributed by atoms with E-state index >= 15 is 0 Å². The number of phenols is 1. The molecule has 1 aromatic carbocycles. The predicted octanol–water partition coefficient (Wildman–Crippen LogP) is 3.14. The summed E-state index contributed by atoms with van der Waals surface area (Å²) in [6.07, 6.45) is 0. The molecule has 0 saturated carbocycles. The molecule has 1 heterocycles. The van der Waals surface area contributed by atoms with Gasteiger partial charge in [-0.25, -0.2) is 0 Å². The third-order valence-corrected chi connectivity index (χ3v) is 3.45. The molecular weight excluding hydrogens is 246 g/mol. The zero-order valence-corrected chi connectivity index (χ0v) is 11.2. The van der Waals surface area contributed by atoms with Crippen LogP contribution in [0.5, 0.6) is 11.5 Å². The number of aromatic hydroxyl groups is 1. The van der Waals surface area contributed by atoms with Crippen LogP contribution in [0.2, 0.25) is 0 Å². The molecule has 0 saturated heterocycles. The summed E-state index contributed by atoms with van der Waals surface area (Å²) in [4.78, 5) is 1.29. The monoisotopic (exact) mass is 263 g/mol. The first kappa shape index (κ1) is 12.9. The third-order valence-electron chi connectivity index (χ3n) is 2.58. The van der Waals surface area contributed by atoms with Gasteiger partial charge in [-0.3, -0.25) is 0 Å². The van der Waals surface area contributed by atoms with E-state index in [1.807, 2.05) is 25.1 Å². The van der Waals surface area contributed by atoms with Crippen LogP contribution >= 0.6 is 11.3 Å². The number of hydrogen-bond acceptors (Lipinski definition) is 4. The first-order valence-corrected chi connectivity index (χ1v) is 6.86. The average molecular weight is 263 g/mol. The minimum Gasteiger partial charge on any atom is -0.504 e. The van der Waals surface area contributed by atoms with Gasteiger partial charge in [-0.15, -0.1) is 11.3 Å². The molecule has 0 spiro atoms. The minimum atomic E-state index is 0.234. The fourth-order valence-corrected chi connectivity index (χ4v) is 2.39. The zero-order valence-electron chi connectivity index (χ0n) is 10.3. The Morgan fingerprint density at radius 1 is 1.22 bits per heavy atom. The number of para-hydroxylation sites is 1. The molecule has 4 heteroatoms. The van der Waals surface area contributed by atoms with Crippen LogP contribution in [0.4, 0.5) is 0 Å². The maximum absolute atomic E-state index is 10.0. The Morgan fingerprint density at radius 3 is 2.83 bits per heavy atom. The van der Waals surface area contributed by atoms with Crippen LogP contribution in [0, 0.1) is 0 Å². The summed E-state index contributed by atoms with van der Waals surface area (Å²) in [5.41, 5.74) is 0.859. The van der Waals surface area contributed by atoms with E-state index in [0.717, 1.165) is 12.1 Å². The molecule has 3 nitrogen and oxygen atoms in total. The molecular formula is C14H17NO2S. The number of hydrogen-bond donors (Lipinski definition) is 2. The molecule has 2 aromatic rings. The van der Waals surface area contributed by atoms with Gasteiger partial charge in [0.05, 0.1) is 6.61 Å². The molecule has 0 fully saturated rings. The van der Waals surface area contributed by atoms with Crippen LogP contribution < -0.4 is 10.1 Å². The highest BCUT2D eigenvalue weighted by Crippen LogP contribution is 2.29. The van der Waals surface area contributed by atoms with Crippen LogP contribution in [0.25, 0.3) is 0 Å². The van der Waals surface area contributed by atoms with Crippen molar-refractivity contribution in [1.29, 1.82) is 0 Å². The Balaban J connectivity index is 1.94. The summed E-state index contributed by atoms with van der Waals surface area (Å²) in [5.74, 6) is 0.783. The largest absolute Gasteiger partial charge is 0.504 e. The van der Waals surface area contributed by atoms with Crippen molar-refractivity contribution in [2.75, 3.05) is 6.61 Å². The molecule has 0 bridgehead atoms. The van der Waals surface area contributed by atoms with Gasteiger partial charge in [-0.2, -0.15) is 0 Å². The highest BCUT2D eigenvalue weighted by molar-refractivity contribution is 7.09. The van der Waals surface area contributed by atoms with Crippen molar-refractivity contribution in [2.45, 2.75) is 20.0 Å². The van der Waals surface area contributed by atoms with Crippen molar-refractivity contribution in [2.24, 2.45) is 0 Å². The molecule has 18 heavy (non-hydrogen) atoms. The number of nitrogens with one attached hydrogen (secondary N) is 1. The second-order valence-corrected chi connectivity index (χ2v) is 4.91. The number of thiophene rings is 1. The van der Waals surface area contributed by atoms with Crippen LogP contribution in [-0.2, 0) is 13.1 Å². The quantitative estimate of drug-likeness (QED) is 0.841. The molecule has 96 valence electrons. The molecule has 2 rings (SSSR count). The summed E-state index contributed by atoms with van der Waals surface area (Å²) in [7, 11) is 0. The van der Waals surface area contributed by atoms with Gasteiger partial charge >= 0.3 is 0 Å². The highest BCUT2D eigenvalue weighted by Gasteiger charge is 2.07. The van der Waals surface area contributed by atoms with Crippen LogP contribution in [0.15, 0.2) is 35.7 Å². The van der Waals surface area contributed by atoms with E-state index in [9.17, 15) is 5.11 Å². The van der Waals surface area contributed by atoms with E-state index in [0.29, 0.717) is 18.9 Å². The molecule has 0 atom stereocenters. The van der Waals surface area contributed by atoms with E-state index in [-0.39, 0.29) is 5.75 Å². The number of ether oxygens (including phenoxy) is 1. The Morgan fingerprint density at radius 2 is 2.11 bits per heavy atom. The smallest absolute Gasteiger partial charge is 0.162 e. The summed E-state index contributed by atoms with van der Waals surface area (Å²) < 4.78 is 5.35. The van der Waals surface area contributed by atoms with Gasteiger partial charge in [0.2, 0.25) is 0 Å². The Bertz CT molecular complexity index is 483. The van der Waals surface area contributed by atoms with E-state index in [1.165, 1.54) is 4.88 Å². The number of phenolic OH excluding ortho intramolecular Hbond substituents is 1. The van der Waals surface area contributed by atoms with E-state index in [4.69, 9.17) is 4.74 Å². The fourth-order valence-electron chi connectivity index (χ4n) is 1.72. The molecule has 0 unspecified atom stereocenters. The Hall–Kier alpha value is -1.52. The van der Waals surface area contributed by atoms with Crippen molar-refractivity contribution in [1.82, 2.24) is 5.32 Å². The van der Waals surface area contributed by atoms with Crippen molar-refractivity contribution >= 4 is 11.3 Å². The first-order valence-electron chi connectivity index (χ1n) is 5.98. The van der Waals surface area contributed by atoms with Gasteiger partial charge in [-0.1, -0.05) is 18.2 Å². The number of rotatable bonds is 6. The second-order valence-electron chi connectivity index (χ2n) is 3.88. The summed E-state index contributed by atoms with van der Waals surface area (Å²) in [6, 6.07) is 9.71. The lowest BCUT2D eigenvalue weighted by molar-refractivity contribution is 0.316. The summed E-state index contributed by atoms with van der Waals surface area (Å²) >= 11 is 1.72. The zero-order chi connectivity index (χ0) is 12.8. The number of benzene rings is 1. The van der Waals surface area contributed by atoms with Gasteiger partial charge in [0.25, 0.3) is 0 Å². The van der Waals surface area contributed by atoms with E-state index < -0.39 is 0 Å². The van der Waals surface area contributed by atoms with Crippen molar-refractivity contribution in [3.8, 4) is 11.5 Å². The maximum atomic E-state index is 10.0. The third kappa shape index (κ3) is 3.24. The molecule has 0 aliphatic rings. The molecule has 0 aliphatic carbocycles. The van der Waals surface area contributed by atoms with Crippen molar-refractivity contribution in [3.63, 3.8) is 0 Å². The van der Waals surface area contributed by atoms with Gasteiger partial charge in [0.15, 0.2) is 11.5 Å². The SMILES string of the molecule is CCOc1cccc(CNCc2cccs2)c1O. The molecule has 0 aliphatic heterocycles. The fraction of sp³-hybridized carbons (Fsp3) is 0.286. The van der Waals surface area contributed by atoms with E-state index in [2.05, 4.69) is 16.8 Å². The van der Waals surface area contributed by atoms with Gasteiger partial charge in [0, 0.05) is 23.5 Å². The lowest BCUT2D eigenvalue weighted by atomic mass is 10.2. The molecule has 0 radical (unpaired) electrons. The summed E-state index contributed by atoms with van der Waals surface area (Å²) in [6.45, 7) is 3.90. The second kappa shape index (κ2) is 6.42. The van der Waals surface area contributed by atoms with Crippen molar-refractivity contribution in [3.05, 3.63) is 46.2 Å². The molecule has 0 amide bonds. The highest BCUT2D eigenvalue weighted by atomic mass is 32.1. The minimum absolute atomic E-state index is 0.234. The van der Waals surface area contributed by atoms with Crippen molar-refractivity contribution < 1.29 is 9.84 Å². The normalized spacial score (nSPS) is 10.5. The predicted molar refractivity (Wildman–Crippen MR) is 74.1 cm³/mol. The van der Waals surface area contributed by atoms with Gasteiger partial charge in [0.1, 0.15) is 0 Å². The Labute approximate surface area is 111 Å². The first-order chi connectivity index (χ1) is 8.81. The average Bonchev–Trinajstić information content (AvgIpc) is 2.87. The Kier molecular flexibility index (Phi) is 4.61. The summed E-state index contributed by atoms with van der Waals surface area (Å²) in [5, 5.41) is 15.4.